The molecule has 6 heteroatoms. The predicted molar refractivity (Wildman–Crippen MR) is 44.6 cm³/mol. The molecule has 0 aromatic carbocycles. The van der Waals surface area contributed by atoms with Crippen molar-refractivity contribution in [2.45, 2.75) is 6.43 Å². The van der Waals surface area contributed by atoms with Crippen LogP contribution in [0.2, 0.25) is 10.0 Å². The van der Waals surface area contributed by atoms with Gasteiger partial charge in [-0.25, -0.2) is 8.78 Å². The molecule has 2 nitrogen and oxygen atoms in total. The van der Waals surface area contributed by atoms with Crippen molar-refractivity contribution in [1.29, 1.82) is 0 Å². The van der Waals surface area contributed by atoms with E-state index in [9.17, 15) is 13.6 Å². The van der Waals surface area contributed by atoms with Gasteiger partial charge in [-0.2, -0.15) is 0 Å². The molecule has 0 spiro atoms. The maximum atomic E-state index is 12.3. The van der Waals surface area contributed by atoms with E-state index in [0.717, 1.165) is 6.20 Å². The minimum absolute atomic E-state index is 0.0948. The standard InChI is InChI=1S/C7H3Cl2F2NO/c8-3-1-12-4(2-13)5(6(3)9)7(10)11/h1-2,7H. The number of hydrogen-bond acceptors (Lipinski definition) is 2. The highest BCUT2D eigenvalue weighted by atomic mass is 35.5. The summed E-state index contributed by atoms with van der Waals surface area (Å²) >= 11 is 10.9. The number of alkyl halides is 2. The quantitative estimate of drug-likeness (QED) is 0.725. The van der Waals surface area contributed by atoms with Crippen molar-refractivity contribution in [3.8, 4) is 0 Å². The number of carbonyl (C=O) groups is 1. The maximum absolute atomic E-state index is 12.3. The van der Waals surface area contributed by atoms with E-state index < -0.39 is 12.0 Å². The Hall–Kier alpha value is -0.740. The largest absolute Gasteiger partial charge is 0.296 e. The third-order valence-corrected chi connectivity index (χ3v) is 2.16. The van der Waals surface area contributed by atoms with Crippen LogP contribution in [0.1, 0.15) is 22.5 Å². The van der Waals surface area contributed by atoms with E-state index in [1.165, 1.54) is 0 Å². The molecular formula is C7H3Cl2F2NO. The molecule has 0 aliphatic heterocycles. The Morgan fingerprint density at radius 1 is 1.46 bits per heavy atom. The normalized spacial score (nSPS) is 10.5. The lowest BCUT2D eigenvalue weighted by Crippen LogP contribution is -1.98. The first-order valence-corrected chi connectivity index (χ1v) is 3.90. The van der Waals surface area contributed by atoms with Gasteiger partial charge in [0.05, 0.1) is 15.6 Å². The Labute approximate surface area is 82.5 Å². The third kappa shape index (κ3) is 1.95. The first-order valence-electron chi connectivity index (χ1n) is 3.15. The highest BCUT2D eigenvalue weighted by molar-refractivity contribution is 6.42. The lowest BCUT2D eigenvalue weighted by molar-refractivity contribution is 0.110. The Bertz CT molecular complexity index is 344. The number of carbonyl (C=O) groups excluding carboxylic acids is 1. The molecule has 0 saturated heterocycles. The Balaban J connectivity index is 3.41. The number of aromatic nitrogens is 1. The average Bonchev–Trinajstić information content (AvgIpc) is 2.08. The van der Waals surface area contributed by atoms with Gasteiger partial charge in [-0.3, -0.25) is 9.78 Å². The summed E-state index contributed by atoms with van der Waals surface area (Å²) in [4.78, 5) is 13.7. The zero-order chi connectivity index (χ0) is 10.0. The van der Waals surface area contributed by atoms with Crippen LogP contribution in [0, 0.1) is 0 Å². The number of rotatable bonds is 2. The van der Waals surface area contributed by atoms with Crippen LogP contribution < -0.4 is 0 Å². The molecule has 13 heavy (non-hydrogen) atoms. The van der Waals surface area contributed by atoms with Crippen LogP contribution >= 0.6 is 23.2 Å². The van der Waals surface area contributed by atoms with Gasteiger partial charge in [-0.05, 0) is 0 Å². The summed E-state index contributed by atoms with van der Waals surface area (Å²) in [5.41, 5.74) is -1.01. The first kappa shape index (κ1) is 10.3. The summed E-state index contributed by atoms with van der Waals surface area (Å²) < 4.78 is 24.6. The van der Waals surface area contributed by atoms with Crippen LogP contribution in [0.25, 0.3) is 0 Å². The predicted octanol–water partition coefficient (Wildman–Crippen LogP) is 3.14. The Morgan fingerprint density at radius 3 is 2.54 bits per heavy atom. The molecule has 0 amide bonds. The van der Waals surface area contributed by atoms with Gasteiger partial charge in [0.25, 0.3) is 6.43 Å². The summed E-state index contributed by atoms with van der Waals surface area (Å²) in [6.07, 6.45) is -1.60. The summed E-state index contributed by atoms with van der Waals surface area (Å²) in [5, 5.41) is -0.420. The number of hydrogen-bond donors (Lipinski definition) is 0. The second-order valence-electron chi connectivity index (χ2n) is 2.14. The molecule has 1 rings (SSSR count). The molecule has 0 saturated carbocycles. The Morgan fingerprint density at radius 2 is 2.08 bits per heavy atom. The topological polar surface area (TPSA) is 30.0 Å². The van der Waals surface area contributed by atoms with Crippen molar-refractivity contribution in [1.82, 2.24) is 4.98 Å². The van der Waals surface area contributed by atoms with Crippen LogP contribution in [0.4, 0.5) is 8.78 Å². The molecule has 0 bridgehead atoms. The second kappa shape index (κ2) is 3.98. The van der Waals surface area contributed by atoms with E-state index in [1.807, 2.05) is 0 Å². The van der Waals surface area contributed by atoms with Crippen molar-refractivity contribution in [3.05, 3.63) is 27.5 Å². The maximum Gasteiger partial charge on any atom is 0.267 e. The molecule has 1 aromatic heterocycles. The molecule has 0 aliphatic carbocycles. The summed E-state index contributed by atoms with van der Waals surface area (Å²) in [7, 11) is 0. The zero-order valence-corrected chi connectivity index (χ0v) is 7.61. The van der Waals surface area contributed by atoms with Gasteiger partial charge in [0, 0.05) is 6.20 Å². The van der Waals surface area contributed by atoms with Crippen LogP contribution in [-0.4, -0.2) is 11.3 Å². The fraction of sp³-hybridized carbons (Fsp3) is 0.143. The van der Waals surface area contributed by atoms with Crippen molar-refractivity contribution < 1.29 is 13.6 Å². The molecule has 1 aromatic rings. The van der Waals surface area contributed by atoms with E-state index in [2.05, 4.69) is 4.98 Å². The van der Waals surface area contributed by atoms with E-state index >= 15 is 0 Å². The SMILES string of the molecule is O=Cc1ncc(Cl)c(Cl)c1C(F)F. The molecule has 1 heterocycles. The molecule has 70 valence electrons. The van der Waals surface area contributed by atoms with Crippen molar-refractivity contribution in [2.75, 3.05) is 0 Å². The second-order valence-corrected chi connectivity index (χ2v) is 2.92. The molecule has 0 N–H and O–H groups in total. The molecule has 0 aliphatic rings. The van der Waals surface area contributed by atoms with E-state index in [0.29, 0.717) is 0 Å². The minimum Gasteiger partial charge on any atom is -0.296 e. The number of halogens is 4. The zero-order valence-electron chi connectivity index (χ0n) is 6.10. The molecule has 0 unspecified atom stereocenters. The monoisotopic (exact) mass is 225 g/mol. The Kier molecular flexibility index (Phi) is 3.17. The van der Waals surface area contributed by atoms with Gasteiger partial charge < -0.3 is 0 Å². The number of pyridine rings is 1. The molecule has 0 fully saturated rings. The number of nitrogens with zero attached hydrogens (tertiary/aromatic N) is 1. The van der Waals surface area contributed by atoms with Crippen molar-refractivity contribution >= 4 is 29.5 Å². The van der Waals surface area contributed by atoms with Gasteiger partial charge in [-0.15, -0.1) is 0 Å². The highest BCUT2D eigenvalue weighted by Gasteiger charge is 2.20. The fourth-order valence-corrected chi connectivity index (χ4v) is 1.17. The van der Waals surface area contributed by atoms with Crippen molar-refractivity contribution in [2.24, 2.45) is 0 Å². The molecule has 0 radical (unpaired) electrons. The summed E-state index contributed by atoms with van der Waals surface area (Å²) in [5.74, 6) is 0. The van der Waals surface area contributed by atoms with Gasteiger partial charge in [0.15, 0.2) is 6.29 Å². The van der Waals surface area contributed by atoms with Crippen LogP contribution in [-0.2, 0) is 0 Å². The number of aldehydes is 1. The van der Waals surface area contributed by atoms with Gasteiger partial charge in [0.2, 0.25) is 0 Å². The lowest BCUT2D eigenvalue weighted by atomic mass is 10.2. The summed E-state index contributed by atoms with van der Waals surface area (Å²) in [6, 6.07) is 0. The highest BCUT2D eigenvalue weighted by Crippen LogP contribution is 2.33. The van der Waals surface area contributed by atoms with Gasteiger partial charge in [0.1, 0.15) is 5.69 Å². The molecular weight excluding hydrogens is 223 g/mol. The van der Waals surface area contributed by atoms with Crippen LogP contribution in [0.5, 0.6) is 0 Å². The van der Waals surface area contributed by atoms with Gasteiger partial charge >= 0.3 is 0 Å². The van der Waals surface area contributed by atoms with E-state index in [1.54, 1.807) is 0 Å². The lowest BCUT2D eigenvalue weighted by Gasteiger charge is -2.05. The third-order valence-electron chi connectivity index (χ3n) is 1.37. The molecule has 0 atom stereocenters. The fourth-order valence-electron chi connectivity index (χ4n) is 0.795. The first-order chi connectivity index (χ1) is 6.07. The smallest absolute Gasteiger partial charge is 0.267 e. The van der Waals surface area contributed by atoms with E-state index in [-0.39, 0.29) is 22.0 Å². The minimum atomic E-state index is -2.86. The average molecular weight is 226 g/mol. The van der Waals surface area contributed by atoms with Crippen LogP contribution in [0.15, 0.2) is 6.20 Å². The van der Waals surface area contributed by atoms with Crippen LogP contribution in [0.3, 0.4) is 0 Å². The van der Waals surface area contributed by atoms with E-state index in [4.69, 9.17) is 23.2 Å². The van der Waals surface area contributed by atoms with Gasteiger partial charge in [-0.1, -0.05) is 23.2 Å². The van der Waals surface area contributed by atoms with Crippen molar-refractivity contribution in [3.63, 3.8) is 0 Å². The summed E-state index contributed by atoms with van der Waals surface area (Å²) in [6.45, 7) is 0.